The standard InChI is InChI=1S/C19H16F3NO3/c20-19(21,22)16-4-2-1-3-15(16)17(24)11-9-13-5-7-14(8-6-13)10-12-18(25)23-26/h1-9,11,26H,10,12H2,(H,23,25)/b11-9+. The molecule has 0 saturated carbocycles. The monoisotopic (exact) mass is 363 g/mol. The minimum atomic E-state index is -4.59. The molecule has 0 heterocycles. The molecule has 0 atom stereocenters. The second kappa shape index (κ2) is 8.44. The molecule has 7 heteroatoms. The molecule has 136 valence electrons. The third kappa shape index (κ3) is 5.29. The number of hydrogen-bond donors (Lipinski definition) is 2. The molecule has 0 aliphatic rings. The summed E-state index contributed by atoms with van der Waals surface area (Å²) in [5.41, 5.74) is 1.66. The fourth-order valence-corrected chi connectivity index (χ4v) is 2.32. The third-order valence-electron chi connectivity index (χ3n) is 3.67. The molecule has 2 rings (SSSR count). The molecule has 0 aromatic heterocycles. The summed E-state index contributed by atoms with van der Waals surface area (Å²) in [4.78, 5) is 23.1. The number of amides is 1. The Bertz CT molecular complexity index is 812. The number of nitrogens with one attached hydrogen (secondary N) is 1. The van der Waals surface area contributed by atoms with Crippen LogP contribution in [0.5, 0.6) is 0 Å². The zero-order chi connectivity index (χ0) is 19.2. The summed E-state index contributed by atoms with van der Waals surface area (Å²) < 4.78 is 38.9. The highest BCUT2D eigenvalue weighted by molar-refractivity contribution is 6.07. The van der Waals surface area contributed by atoms with Gasteiger partial charge in [0.1, 0.15) is 0 Å². The van der Waals surface area contributed by atoms with Crippen molar-refractivity contribution in [1.29, 1.82) is 0 Å². The first kappa shape index (κ1) is 19.4. The van der Waals surface area contributed by atoms with E-state index in [1.807, 2.05) is 0 Å². The Morgan fingerprint density at radius 1 is 1.04 bits per heavy atom. The maximum Gasteiger partial charge on any atom is 0.417 e. The van der Waals surface area contributed by atoms with Gasteiger partial charge in [0.2, 0.25) is 5.91 Å². The van der Waals surface area contributed by atoms with Crippen LogP contribution < -0.4 is 5.48 Å². The van der Waals surface area contributed by atoms with Crippen molar-refractivity contribution in [2.45, 2.75) is 19.0 Å². The highest BCUT2D eigenvalue weighted by Gasteiger charge is 2.34. The number of benzene rings is 2. The number of alkyl halides is 3. The first-order valence-corrected chi connectivity index (χ1v) is 7.72. The first-order chi connectivity index (χ1) is 12.3. The van der Waals surface area contributed by atoms with E-state index in [0.717, 1.165) is 23.8 Å². The molecule has 4 nitrogen and oxygen atoms in total. The van der Waals surface area contributed by atoms with Gasteiger partial charge in [-0.2, -0.15) is 13.2 Å². The summed E-state index contributed by atoms with van der Waals surface area (Å²) in [6.45, 7) is 0. The van der Waals surface area contributed by atoms with Gasteiger partial charge in [0.15, 0.2) is 5.78 Å². The number of allylic oxidation sites excluding steroid dienone is 1. The van der Waals surface area contributed by atoms with Crippen LogP contribution in [0.4, 0.5) is 13.2 Å². The lowest BCUT2D eigenvalue weighted by atomic mass is 10.0. The van der Waals surface area contributed by atoms with Crippen LogP contribution >= 0.6 is 0 Å². The van der Waals surface area contributed by atoms with Crippen molar-refractivity contribution >= 4 is 17.8 Å². The number of aryl methyl sites for hydroxylation is 1. The number of ketones is 1. The summed E-state index contributed by atoms with van der Waals surface area (Å²) in [5, 5.41) is 8.43. The van der Waals surface area contributed by atoms with E-state index in [1.165, 1.54) is 18.2 Å². The molecule has 0 spiro atoms. The van der Waals surface area contributed by atoms with Crippen LogP contribution in [0.3, 0.4) is 0 Å². The van der Waals surface area contributed by atoms with Gasteiger partial charge in [-0.3, -0.25) is 14.8 Å². The Kier molecular flexibility index (Phi) is 6.30. The molecular weight excluding hydrogens is 347 g/mol. The minimum absolute atomic E-state index is 0.123. The molecule has 2 aromatic rings. The van der Waals surface area contributed by atoms with Crippen molar-refractivity contribution in [1.82, 2.24) is 5.48 Å². The van der Waals surface area contributed by atoms with Crippen molar-refractivity contribution in [3.05, 3.63) is 76.9 Å². The van der Waals surface area contributed by atoms with Gasteiger partial charge in [-0.25, -0.2) is 5.48 Å². The van der Waals surface area contributed by atoms with Crippen LogP contribution in [-0.4, -0.2) is 16.9 Å². The molecule has 0 radical (unpaired) electrons. The van der Waals surface area contributed by atoms with Crippen molar-refractivity contribution < 1.29 is 28.0 Å². The highest BCUT2D eigenvalue weighted by Crippen LogP contribution is 2.32. The Labute approximate surface area is 147 Å². The second-order valence-corrected chi connectivity index (χ2v) is 5.52. The van der Waals surface area contributed by atoms with E-state index in [2.05, 4.69) is 0 Å². The van der Waals surface area contributed by atoms with Gasteiger partial charge >= 0.3 is 6.18 Å². The zero-order valence-corrected chi connectivity index (χ0v) is 13.6. The molecule has 0 saturated heterocycles. The van der Waals surface area contributed by atoms with Gasteiger partial charge in [-0.05, 0) is 29.7 Å². The lowest BCUT2D eigenvalue weighted by Crippen LogP contribution is -2.18. The van der Waals surface area contributed by atoms with Gasteiger partial charge in [-0.1, -0.05) is 48.5 Å². The van der Waals surface area contributed by atoms with Crippen LogP contribution in [0.1, 0.15) is 33.5 Å². The summed E-state index contributed by atoms with van der Waals surface area (Å²) in [5.74, 6) is -1.23. The Morgan fingerprint density at radius 3 is 2.31 bits per heavy atom. The smallest absolute Gasteiger partial charge is 0.289 e. The van der Waals surface area contributed by atoms with Gasteiger partial charge in [-0.15, -0.1) is 0 Å². The first-order valence-electron chi connectivity index (χ1n) is 7.72. The average Bonchev–Trinajstić information content (AvgIpc) is 2.64. The van der Waals surface area contributed by atoms with Crippen LogP contribution in [-0.2, 0) is 17.4 Å². The van der Waals surface area contributed by atoms with Crippen LogP contribution in [0.25, 0.3) is 6.08 Å². The van der Waals surface area contributed by atoms with Crippen LogP contribution in [0.2, 0.25) is 0 Å². The third-order valence-corrected chi connectivity index (χ3v) is 3.67. The summed E-state index contributed by atoms with van der Waals surface area (Å²) >= 11 is 0. The van der Waals surface area contributed by atoms with Crippen molar-refractivity contribution in [3.8, 4) is 0 Å². The van der Waals surface area contributed by atoms with E-state index in [-0.39, 0.29) is 6.42 Å². The predicted molar refractivity (Wildman–Crippen MR) is 89.5 cm³/mol. The Morgan fingerprint density at radius 2 is 1.69 bits per heavy atom. The molecule has 0 fully saturated rings. The number of halogens is 3. The molecular formula is C19H16F3NO3. The highest BCUT2D eigenvalue weighted by atomic mass is 19.4. The predicted octanol–water partition coefficient (Wildman–Crippen LogP) is 4.04. The summed E-state index contributed by atoms with van der Waals surface area (Å²) in [6, 6.07) is 11.5. The zero-order valence-electron chi connectivity index (χ0n) is 13.6. The minimum Gasteiger partial charge on any atom is -0.289 e. The Balaban J connectivity index is 2.08. The molecule has 0 unspecified atom stereocenters. The van der Waals surface area contributed by atoms with E-state index >= 15 is 0 Å². The molecule has 0 bridgehead atoms. The lowest BCUT2D eigenvalue weighted by Gasteiger charge is -2.10. The molecule has 2 aromatic carbocycles. The SMILES string of the molecule is O=C(CCc1ccc(/C=C/C(=O)c2ccccc2C(F)(F)F)cc1)NO. The molecule has 2 N–H and O–H groups in total. The van der Waals surface area contributed by atoms with Gasteiger partial charge in [0.25, 0.3) is 0 Å². The quantitative estimate of drug-likeness (QED) is 0.352. The molecule has 1 amide bonds. The number of rotatable bonds is 6. The average molecular weight is 363 g/mol. The molecule has 0 aliphatic carbocycles. The summed E-state index contributed by atoms with van der Waals surface area (Å²) in [6.07, 6.45) is -1.52. The normalized spacial score (nSPS) is 11.5. The van der Waals surface area contributed by atoms with Crippen molar-refractivity contribution in [2.75, 3.05) is 0 Å². The van der Waals surface area contributed by atoms with Crippen molar-refractivity contribution in [3.63, 3.8) is 0 Å². The maximum atomic E-state index is 13.0. The Hall–Kier alpha value is -2.93. The van der Waals surface area contributed by atoms with Crippen LogP contribution in [0.15, 0.2) is 54.6 Å². The lowest BCUT2D eigenvalue weighted by molar-refractivity contribution is -0.137. The molecule has 26 heavy (non-hydrogen) atoms. The number of carbonyl (C=O) groups excluding carboxylic acids is 2. The van der Waals surface area contributed by atoms with Gasteiger partial charge in [0, 0.05) is 12.0 Å². The topological polar surface area (TPSA) is 66.4 Å². The fraction of sp³-hybridized carbons (Fsp3) is 0.158. The second-order valence-electron chi connectivity index (χ2n) is 5.52. The largest absolute Gasteiger partial charge is 0.417 e. The van der Waals surface area contributed by atoms with E-state index in [0.29, 0.717) is 12.0 Å². The van der Waals surface area contributed by atoms with E-state index in [9.17, 15) is 22.8 Å². The van der Waals surface area contributed by atoms with Crippen molar-refractivity contribution in [2.24, 2.45) is 0 Å². The fourth-order valence-electron chi connectivity index (χ4n) is 2.32. The van der Waals surface area contributed by atoms with E-state index < -0.39 is 29.0 Å². The number of hydroxylamine groups is 1. The van der Waals surface area contributed by atoms with E-state index in [1.54, 1.807) is 29.7 Å². The number of hydrogen-bond acceptors (Lipinski definition) is 3. The van der Waals surface area contributed by atoms with Gasteiger partial charge in [0.05, 0.1) is 5.56 Å². The number of carbonyl (C=O) groups is 2. The molecule has 0 aliphatic heterocycles. The summed E-state index contributed by atoms with van der Waals surface area (Å²) in [7, 11) is 0. The maximum absolute atomic E-state index is 13.0. The van der Waals surface area contributed by atoms with E-state index in [4.69, 9.17) is 5.21 Å². The van der Waals surface area contributed by atoms with Gasteiger partial charge < -0.3 is 0 Å². The van der Waals surface area contributed by atoms with Crippen LogP contribution in [0, 0.1) is 0 Å².